The molecule has 4 rings (SSSR count). The van der Waals surface area contributed by atoms with Gasteiger partial charge in [-0.25, -0.2) is 4.79 Å². The van der Waals surface area contributed by atoms with Gasteiger partial charge in [0.2, 0.25) is 0 Å². The second-order valence-corrected chi connectivity index (χ2v) is 5.68. The minimum atomic E-state index is -0.381. The van der Waals surface area contributed by atoms with Crippen LogP contribution in [0.5, 0.6) is 0 Å². The van der Waals surface area contributed by atoms with Crippen LogP contribution in [0.15, 0.2) is 23.8 Å². The largest absolute Gasteiger partial charge is 0.449 e. The summed E-state index contributed by atoms with van der Waals surface area (Å²) in [4.78, 5) is 14.1. The van der Waals surface area contributed by atoms with Crippen LogP contribution in [-0.4, -0.2) is 48.3 Å². The Morgan fingerprint density at radius 3 is 3.28 bits per heavy atom. The second-order valence-electron chi connectivity index (χ2n) is 5.68. The summed E-state index contributed by atoms with van der Waals surface area (Å²) >= 11 is 0. The highest BCUT2D eigenvalue weighted by Gasteiger charge is 2.60. The summed E-state index contributed by atoms with van der Waals surface area (Å²) in [6.07, 6.45) is 9.20. The lowest BCUT2D eigenvalue weighted by atomic mass is 9.80. The second kappa shape index (κ2) is 3.45. The van der Waals surface area contributed by atoms with Crippen molar-refractivity contribution in [1.82, 2.24) is 4.90 Å². The van der Waals surface area contributed by atoms with Gasteiger partial charge in [-0.1, -0.05) is 12.2 Å². The number of nitrogens with zero attached hydrogens (tertiary/aromatic N) is 1. The molecule has 2 fully saturated rings. The summed E-state index contributed by atoms with van der Waals surface area (Å²) in [5.41, 5.74) is 0.682. The van der Waals surface area contributed by atoms with E-state index in [9.17, 15) is 4.79 Å². The maximum atomic E-state index is 11.6. The van der Waals surface area contributed by atoms with Gasteiger partial charge in [0.05, 0.1) is 12.1 Å². The highest BCUT2D eigenvalue weighted by molar-refractivity contribution is 5.88. The molecule has 2 saturated heterocycles. The standard InChI is InChI=1S/C14H17NO3/c1-17-11-4-5-15-10-3-2-9-6-13(16)18-14(9,8-10)12(15)7-11/h2-3,6,10-12H,4-5,7-8H2,1H3/t10-,11+,12-,14+/m1/s1. The fourth-order valence-electron chi connectivity index (χ4n) is 4.10. The van der Waals surface area contributed by atoms with E-state index in [-0.39, 0.29) is 17.6 Å². The van der Waals surface area contributed by atoms with Gasteiger partial charge in [-0.15, -0.1) is 0 Å². The van der Waals surface area contributed by atoms with E-state index in [0.29, 0.717) is 12.1 Å². The lowest BCUT2D eigenvalue weighted by Gasteiger charge is -2.40. The van der Waals surface area contributed by atoms with Crippen LogP contribution in [0.2, 0.25) is 0 Å². The molecule has 4 atom stereocenters. The van der Waals surface area contributed by atoms with Crippen molar-refractivity contribution in [3.63, 3.8) is 0 Å². The van der Waals surface area contributed by atoms with Crippen molar-refractivity contribution in [1.29, 1.82) is 0 Å². The fourth-order valence-corrected chi connectivity index (χ4v) is 4.10. The Morgan fingerprint density at radius 1 is 1.56 bits per heavy atom. The Hall–Kier alpha value is -1.13. The van der Waals surface area contributed by atoms with Gasteiger partial charge in [0, 0.05) is 37.8 Å². The molecular formula is C14H17NO3. The summed E-state index contributed by atoms with van der Waals surface area (Å²) in [6.45, 7) is 1.03. The SMILES string of the molecule is CO[C@H]1CCN2[C@@H]3C=CC4=CC(=O)O[C@]4(C3)[C@H]2C1. The summed E-state index contributed by atoms with van der Waals surface area (Å²) in [7, 11) is 1.77. The van der Waals surface area contributed by atoms with Crippen LogP contribution in [0, 0.1) is 0 Å². The van der Waals surface area contributed by atoms with Crippen molar-refractivity contribution >= 4 is 5.97 Å². The number of esters is 1. The molecule has 0 unspecified atom stereocenters. The van der Waals surface area contributed by atoms with Crippen molar-refractivity contribution in [2.75, 3.05) is 13.7 Å². The number of fused-ring (bicyclic) bond motifs is 3. The maximum Gasteiger partial charge on any atom is 0.332 e. The molecule has 0 aromatic rings. The molecule has 1 spiro atoms. The molecular weight excluding hydrogens is 230 g/mol. The molecule has 0 N–H and O–H groups in total. The monoisotopic (exact) mass is 247 g/mol. The molecule has 0 aromatic carbocycles. The number of methoxy groups -OCH3 is 1. The van der Waals surface area contributed by atoms with Gasteiger partial charge in [-0.05, 0) is 12.8 Å². The van der Waals surface area contributed by atoms with Gasteiger partial charge in [0.25, 0.3) is 0 Å². The van der Waals surface area contributed by atoms with Crippen molar-refractivity contribution in [3.05, 3.63) is 23.8 Å². The van der Waals surface area contributed by atoms with Crippen molar-refractivity contribution in [3.8, 4) is 0 Å². The molecule has 0 aromatic heterocycles. The van der Waals surface area contributed by atoms with E-state index in [0.717, 1.165) is 31.4 Å². The minimum absolute atomic E-state index is 0.184. The van der Waals surface area contributed by atoms with Gasteiger partial charge >= 0.3 is 5.97 Å². The molecule has 0 saturated carbocycles. The Labute approximate surface area is 106 Å². The van der Waals surface area contributed by atoms with Crippen molar-refractivity contribution < 1.29 is 14.3 Å². The summed E-state index contributed by atoms with van der Waals surface area (Å²) in [5.74, 6) is -0.184. The van der Waals surface area contributed by atoms with Gasteiger partial charge < -0.3 is 9.47 Å². The van der Waals surface area contributed by atoms with E-state index in [1.165, 1.54) is 0 Å². The Morgan fingerprint density at radius 2 is 2.44 bits per heavy atom. The first-order chi connectivity index (χ1) is 8.73. The number of hydrogen-bond donors (Lipinski definition) is 0. The zero-order valence-corrected chi connectivity index (χ0v) is 10.5. The van der Waals surface area contributed by atoms with Crippen LogP contribution in [0.1, 0.15) is 19.3 Å². The normalized spacial score (nSPS) is 45.5. The Kier molecular flexibility index (Phi) is 2.07. The van der Waals surface area contributed by atoms with Gasteiger partial charge in [-0.3, -0.25) is 4.90 Å². The summed E-state index contributed by atoms with van der Waals surface area (Å²) in [5, 5.41) is 0. The highest BCUT2D eigenvalue weighted by Crippen LogP contribution is 2.51. The number of hydrogen-bond acceptors (Lipinski definition) is 4. The predicted molar refractivity (Wildman–Crippen MR) is 65.0 cm³/mol. The van der Waals surface area contributed by atoms with Gasteiger partial charge in [0.15, 0.2) is 5.60 Å². The summed E-state index contributed by atoms with van der Waals surface area (Å²) < 4.78 is 11.2. The van der Waals surface area contributed by atoms with E-state index >= 15 is 0 Å². The lowest BCUT2D eigenvalue weighted by molar-refractivity contribution is -0.149. The van der Waals surface area contributed by atoms with Crippen LogP contribution in [-0.2, 0) is 14.3 Å². The molecule has 96 valence electrons. The third-order valence-electron chi connectivity index (χ3n) is 4.95. The first kappa shape index (κ1) is 10.8. The average molecular weight is 247 g/mol. The molecule has 4 nitrogen and oxygen atoms in total. The minimum Gasteiger partial charge on any atom is -0.449 e. The van der Waals surface area contributed by atoms with Crippen LogP contribution < -0.4 is 0 Å². The lowest BCUT2D eigenvalue weighted by Crippen LogP contribution is -2.51. The average Bonchev–Trinajstić information content (AvgIpc) is 2.85. The van der Waals surface area contributed by atoms with E-state index in [1.54, 1.807) is 13.2 Å². The molecule has 4 heteroatoms. The number of piperidine rings is 1. The van der Waals surface area contributed by atoms with E-state index < -0.39 is 0 Å². The maximum absolute atomic E-state index is 11.6. The Balaban J connectivity index is 1.75. The molecule has 1 aliphatic carbocycles. The zero-order chi connectivity index (χ0) is 12.3. The zero-order valence-electron chi connectivity index (χ0n) is 10.5. The molecule has 3 aliphatic heterocycles. The number of carbonyl (C=O) groups is 1. The molecule has 2 bridgehead atoms. The third kappa shape index (κ3) is 1.20. The van der Waals surface area contributed by atoms with Crippen LogP contribution in [0.3, 0.4) is 0 Å². The fraction of sp³-hybridized carbons (Fsp3) is 0.643. The molecule has 0 amide bonds. The van der Waals surface area contributed by atoms with E-state index in [2.05, 4.69) is 17.1 Å². The van der Waals surface area contributed by atoms with Gasteiger partial charge in [0.1, 0.15) is 0 Å². The first-order valence-corrected chi connectivity index (χ1v) is 6.65. The smallest absolute Gasteiger partial charge is 0.332 e. The molecule has 0 radical (unpaired) electrons. The quantitative estimate of drug-likeness (QED) is 0.649. The van der Waals surface area contributed by atoms with Crippen LogP contribution in [0.25, 0.3) is 0 Å². The topological polar surface area (TPSA) is 38.8 Å². The third-order valence-corrected chi connectivity index (χ3v) is 4.95. The molecule has 18 heavy (non-hydrogen) atoms. The predicted octanol–water partition coefficient (Wildman–Crippen LogP) is 1.03. The summed E-state index contributed by atoms with van der Waals surface area (Å²) in [6, 6.07) is 0.713. The first-order valence-electron chi connectivity index (χ1n) is 6.65. The van der Waals surface area contributed by atoms with E-state index in [1.807, 2.05) is 0 Å². The number of carbonyl (C=O) groups excluding carboxylic acids is 1. The van der Waals surface area contributed by atoms with Crippen molar-refractivity contribution in [2.24, 2.45) is 0 Å². The van der Waals surface area contributed by atoms with E-state index in [4.69, 9.17) is 9.47 Å². The van der Waals surface area contributed by atoms with Gasteiger partial charge in [-0.2, -0.15) is 0 Å². The highest BCUT2D eigenvalue weighted by atomic mass is 16.6. The number of ether oxygens (including phenoxy) is 2. The number of rotatable bonds is 1. The Bertz CT molecular complexity index is 470. The van der Waals surface area contributed by atoms with Crippen LogP contribution in [0.4, 0.5) is 0 Å². The van der Waals surface area contributed by atoms with Crippen molar-refractivity contribution in [2.45, 2.75) is 43.1 Å². The molecule has 3 heterocycles. The van der Waals surface area contributed by atoms with Crippen LogP contribution >= 0.6 is 0 Å². The molecule has 4 aliphatic rings.